The van der Waals surface area contributed by atoms with Gasteiger partial charge in [-0.3, -0.25) is 4.79 Å². The smallest absolute Gasteiger partial charge is 0.291 e. The second-order valence-corrected chi connectivity index (χ2v) is 8.56. The van der Waals surface area contributed by atoms with Crippen LogP contribution in [0, 0.1) is 6.92 Å². The quantitative estimate of drug-likeness (QED) is 0.403. The van der Waals surface area contributed by atoms with Gasteiger partial charge in [-0.1, -0.05) is 53.8 Å². The van der Waals surface area contributed by atoms with E-state index in [1.54, 1.807) is 10.9 Å². The van der Waals surface area contributed by atoms with Crippen molar-refractivity contribution in [3.05, 3.63) is 105 Å². The molecule has 160 valence electrons. The van der Waals surface area contributed by atoms with Crippen LogP contribution in [0.1, 0.15) is 11.1 Å². The predicted molar refractivity (Wildman–Crippen MR) is 127 cm³/mol. The molecule has 0 aliphatic carbocycles. The van der Waals surface area contributed by atoms with Gasteiger partial charge >= 0.3 is 0 Å². The Labute approximate surface area is 191 Å². The Morgan fingerprint density at radius 3 is 2.55 bits per heavy atom. The van der Waals surface area contributed by atoms with Crippen LogP contribution in [-0.4, -0.2) is 24.4 Å². The molecule has 0 bridgehead atoms. The molecule has 0 aliphatic heterocycles. The summed E-state index contributed by atoms with van der Waals surface area (Å²) in [6.45, 7) is 2.00. The van der Waals surface area contributed by atoms with Crippen LogP contribution < -0.4 is 10.1 Å². The molecule has 0 atom stereocenters. The number of hydrogen-bond acceptors (Lipinski definition) is 6. The summed E-state index contributed by atoms with van der Waals surface area (Å²) in [7, 11) is 0. The summed E-state index contributed by atoms with van der Waals surface area (Å²) in [5.41, 5.74) is 4.12. The molecule has 0 saturated heterocycles. The van der Waals surface area contributed by atoms with Crippen LogP contribution in [0.15, 0.2) is 88.4 Å². The third kappa shape index (κ3) is 3.37. The van der Waals surface area contributed by atoms with E-state index in [0.717, 1.165) is 22.4 Å². The number of thiazole rings is 1. The van der Waals surface area contributed by atoms with Crippen molar-refractivity contribution in [1.82, 2.24) is 24.4 Å². The molecule has 0 unspecified atom stereocenters. The molecule has 2 aromatic carbocycles. The normalized spacial score (nSPS) is 12.1. The Balaban J connectivity index is 1.49. The predicted octanol–water partition coefficient (Wildman–Crippen LogP) is 4.12. The van der Waals surface area contributed by atoms with Gasteiger partial charge in [0, 0.05) is 17.3 Å². The highest BCUT2D eigenvalue weighted by molar-refractivity contribution is 7.15. The van der Waals surface area contributed by atoms with Gasteiger partial charge in [-0.05, 0) is 42.8 Å². The lowest BCUT2D eigenvalue weighted by Gasteiger charge is -1.98. The van der Waals surface area contributed by atoms with Crippen LogP contribution in [0.25, 0.3) is 39.6 Å². The van der Waals surface area contributed by atoms with Crippen molar-refractivity contribution >= 4 is 22.4 Å². The molecule has 0 radical (unpaired) electrons. The molecule has 33 heavy (non-hydrogen) atoms. The molecule has 7 nitrogen and oxygen atoms in total. The zero-order valence-electron chi connectivity index (χ0n) is 17.5. The Bertz CT molecular complexity index is 1700. The topological polar surface area (TPSA) is 78.2 Å². The molecule has 4 aromatic heterocycles. The summed E-state index contributed by atoms with van der Waals surface area (Å²) in [5.74, 6) is 1.18. The van der Waals surface area contributed by atoms with Gasteiger partial charge in [0.1, 0.15) is 5.69 Å². The van der Waals surface area contributed by atoms with Crippen molar-refractivity contribution < 1.29 is 4.42 Å². The summed E-state index contributed by atoms with van der Waals surface area (Å²) in [6, 6.07) is 21.3. The average Bonchev–Trinajstić information content (AvgIpc) is 3.62. The van der Waals surface area contributed by atoms with Gasteiger partial charge < -0.3 is 4.42 Å². The number of aromatic nitrogens is 5. The van der Waals surface area contributed by atoms with E-state index in [1.807, 2.05) is 85.9 Å². The van der Waals surface area contributed by atoms with Crippen LogP contribution >= 0.6 is 11.3 Å². The third-order valence-electron chi connectivity index (χ3n) is 5.37. The minimum atomic E-state index is -0.208. The zero-order chi connectivity index (χ0) is 22.4. The summed E-state index contributed by atoms with van der Waals surface area (Å²) >= 11 is 1.30. The number of rotatable bonds is 4. The van der Waals surface area contributed by atoms with Crippen LogP contribution in [0.5, 0.6) is 0 Å². The van der Waals surface area contributed by atoms with E-state index in [1.165, 1.54) is 15.9 Å². The molecule has 4 heterocycles. The van der Waals surface area contributed by atoms with Crippen molar-refractivity contribution in [3.8, 4) is 28.5 Å². The maximum Gasteiger partial charge on any atom is 0.291 e. The van der Waals surface area contributed by atoms with E-state index in [-0.39, 0.29) is 5.56 Å². The molecule has 0 amide bonds. The van der Waals surface area contributed by atoms with Gasteiger partial charge in [0.25, 0.3) is 5.56 Å². The Kier molecular flexibility index (Phi) is 4.51. The first-order chi connectivity index (χ1) is 16.2. The Hall–Kier alpha value is -4.30. The van der Waals surface area contributed by atoms with Gasteiger partial charge in [0.2, 0.25) is 4.96 Å². The maximum absolute atomic E-state index is 13.1. The lowest BCUT2D eigenvalue weighted by Crippen LogP contribution is -2.23. The lowest BCUT2D eigenvalue weighted by molar-refractivity contribution is 0.579. The van der Waals surface area contributed by atoms with E-state index in [2.05, 4.69) is 10.1 Å². The first kappa shape index (κ1) is 19.4. The number of hydrogen-bond donors (Lipinski definition) is 0. The average molecular weight is 452 g/mol. The van der Waals surface area contributed by atoms with Crippen LogP contribution in [-0.2, 0) is 0 Å². The molecular formula is C25H17N5O2S. The van der Waals surface area contributed by atoms with Gasteiger partial charge in [0.15, 0.2) is 11.6 Å². The van der Waals surface area contributed by atoms with E-state index in [9.17, 15) is 4.79 Å². The Morgan fingerprint density at radius 1 is 0.970 bits per heavy atom. The summed E-state index contributed by atoms with van der Waals surface area (Å²) in [6.07, 6.45) is 5.32. The van der Waals surface area contributed by atoms with Crippen molar-refractivity contribution in [1.29, 1.82) is 0 Å². The van der Waals surface area contributed by atoms with Crippen molar-refractivity contribution in [3.63, 3.8) is 0 Å². The summed E-state index contributed by atoms with van der Waals surface area (Å²) in [4.78, 5) is 18.3. The molecule has 8 heteroatoms. The van der Waals surface area contributed by atoms with Crippen molar-refractivity contribution in [2.24, 2.45) is 0 Å². The largest absolute Gasteiger partial charge is 0.463 e. The lowest BCUT2D eigenvalue weighted by atomic mass is 10.1. The van der Waals surface area contributed by atoms with Gasteiger partial charge in [-0.15, -0.1) is 5.10 Å². The molecule has 0 spiro atoms. The highest BCUT2D eigenvalue weighted by atomic mass is 32.1. The van der Waals surface area contributed by atoms with Crippen LogP contribution in [0.4, 0.5) is 0 Å². The van der Waals surface area contributed by atoms with Gasteiger partial charge in [-0.2, -0.15) is 14.6 Å². The molecule has 0 N–H and O–H groups in total. The second-order valence-electron chi connectivity index (χ2n) is 7.55. The number of furan rings is 1. The molecule has 6 rings (SSSR count). The van der Waals surface area contributed by atoms with E-state index in [4.69, 9.17) is 9.52 Å². The summed E-state index contributed by atoms with van der Waals surface area (Å²) in [5, 5.41) is 9.18. The standard InChI is InChI=1S/C25H17N5O2S/c1-16-8-5-6-11-19(16)23-26-25-30(28-23)24(31)21(33-25)14-17-15-29(18-9-3-2-4-10-18)27-22(17)20-12-7-13-32-20/h2-15H,1H3. The SMILES string of the molecule is Cc1ccccc1-c1nc2sc(=Cc3cn(-c4ccccc4)nc3-c3ccco3)c(=O)n2n1. The van der Waals surface area contributed by atoms with E-state index in [0.29, 0.717) is 26.8 Å². The number of para-hydroxylation sites is 1. The molecule has 0 saturated carbocycles. The second kappa shape index (κ2) is 7.68. The maximum atomic E-state index is 13.1. The number of fused-ring (bicyclic) bond motifs is 1. The fourth-order valence-corrected chi connectivity index (χ4v) is 4.62. The molecule has 0 aliphatic rings. The number of aryl methyl sites for hydroxylation is 1. The van der Waals surface area contributed by atoms with E-state index < -0.39 is 0 Å². The molecular weight excluding hydrogens is 434 g/mol. The summed E-state index contributed by atoms with van der Waals surface area (Å²) < 4.78 is 9.27. The zero-order valence-corrected chi connectivity index (χ0v) is 18.4. The Morgan fingerprint density at radius 2 is 1.79 bits per heavy atom. The minimum absolute atomic E-state index is 0.208. The monoisotopic (exact) mass is 451 g/mol. The van der Waals surface area contributed by atoms with Crippen molar-refractivity contribution in [2.45, 2.75) is 6.92 Å². The first-order valence-electron chi connectivity index (χ1n) is 10.3. The highest BCUT2D eigenvalue weighted by Gasteiger charge is 2.16. The fourth-order valence-electron chi connectivity index (χ4n) is 3.72. The minimum Gasteiger partial charge on any atom is -0.463 e. The third-order valence-corrected chi connectivity index (χ3v) is 6.33. The molecule has 6 aromatic rings. The van der Waals surface area contributed by atoms with Crippen LogP contribution in [0.3, 0.4) is 0 Å². The van der Waals surface area contributed by atoms with Gasteiger partial charge in [0.05, 0.1) is 16.5 Å². The fraction of sp³-hybridized carbons (Fsp3) is 0.0400. The number of nitrogens with zero attached hydrogens (tertiary/aromatic N) is 5. The number of benzene rings is 2. The molecule has 0 fully saturated rings. The van der Waals surface area contributed by atoms with Gasteiger partial charge in [-0.25, -0.2) is 4.68 Å². The first-order valence-corrected chi connectivity index (χ1v) is 11.2. The van der Waals surface area contributed by atoms with Crippen molar-refractivity contribution in [2.75, 3.05) is 0 Å². The van der Waals surface area contributed by atoms with Crippen LogP contribution in [0.2, 0.25) is 0 Å². The van der Waals surface area contributed by atoms with E-state index >= 15 is 0 Å². The highest BCUT2D eigenvalue weighted by Crippen LogP contribution is 2.25.